The lowest BCUT2D eigenvalue weighted by molar-refractivity contribution is 0.547. The maximum absolute atomic E-state index is 11.4. The van der Waals surface area contributed by atoms with Crippen LogP contribution in [0.4, 0.5) is 0 Å². The molecule has 1 unspecified atom stereocenters. The summed E-state index contributed by atoms with van der Waals surface area (Å²) in [5.41, 5.74) is 0.398. The maximum atomic E-state index is 11.4. The van der Waals surface area contributed by atoms with E-state index in [9.17, 15) is 13.2 Å². The fourth-order valence-corrected chi connectivity index (χ4v) is 3.56. The summed E-state index contributed by atoms with van der Waals surface area (Å²) in [6.07, 6.45) is 1.49. The van der Waals surface area contributed by atoms with Gasteiger partial charge < -0.3 is 0 Å². The minimum absolute atomic E-state index is 0.0689. The molecule has 82 valence electrons. The molecule has 0 amide bonds. The van der Waals surface area contributed by atoms with Gasteiger partial charge in [-0.3, -0.25) is 4.79 Å². The summed E-state index contributed by atoms with van der Waals surface area (Å²) in [5.74, 6) is 0.347. The highest BCUT2D eigenvalue weighted by Crippen LogP contribution is 2.25. The molecule has 5 nitrogen and oxygen atoms in total. The third kappa shape index (κ3) is 2.44. The van der Waals surface area contributed by atoms with Crippen LogP contribution in [0, 0.1) is 0 Å². The van der Waals surface area contributed by atoms with Gasteiger partial charge in [-0.1, -0.05) is 0 Å². The first-order valence-corrected chi connectivity index (χ1v) is 6.65. The van der Waals surface area contributed by atoms with Crippen molar-refractivity contribution in [3.8, 4) is 0 Å². The van der Waals surface area contributed by atoms with Gasteiger partial charge in [0.2, 0.25) is 0 Å². The lowest BCUT2D eigenvalue weighted by atomic mass is 10.0. The Labute approximate surface area is 87.4 Å². The Morgan fingerprint density at radius 3 is 2.80 bits per heavy atom. The van der Waals surface area contributed by atoms with Gasteiger partial charge in [-0.2, -0.15) is 5.10 Å². The number of H-pyrrole nitrogens is 1. The van der Waals surface area contributed by atoms with Crippen molar-refractivity contribution < 1.29 is 8.42 Å². The number of hydrogen-bond donors (Lipinski definition) is 1. The lowest BCUT2D eigenvalue weighted by Gasteiger charge is -2.20. The van der Waals surface area contributed by atoms with E-state index in [0.717, 1.165) is 6.42 Å². The first-order chi connectivity index (χ1) is 7.07. The highest BCUT2D eigenvalue weighted by Gasteiger charge is 2.26. The Kier molecular flexibility index (Phi) is 2.60. The van der Waals surface area contributed by atoms with E-state index in [-0.39, 0.29) is 23.0 Å². The molecule has 1 aromatic heterocycles. The molecule has 0 aliphatic carbocycles. The second kappa shape index (κ2) is 3.77. The molecule has 0 saturated carbocycles. The fraction of sp³-hybridized carbons (Fsp3) is 0.556. The van der Waals surface area contributed by atoms with Crippen LogP contribution in [0.1, 0.15) is 24.5 Å². The summed E-state index contributed by atoms with van der Waals surface area (Å²) in [6.45, 7) is 0. The molecule has 1 aliphatic rings. The van der Waals surface area contributed by atoms with Gasteiger partial charge >= 0.3 is 0 Å². The summed E-state index contributed by atoms with van der Waals surface area (Å²) in [4.78, 5) is 10.8. The standard InChI is InChI=1S/C9H12N2O3S/c12-9-4-3-8(10-11-9)7-2-1-5-15(13,14)6-7/h3-4,7H,1-2,5-6H2,(H,11,12). The lowest BCUT2D eigenvalue weighted by Crippen LogP contribution is -2.25. The van der Waals surface area contributed by atoms with Gasteiger partial charge in [0, 0.05) is 12.0 Å². The molecule has 1 saturated heterocycles. The van der Waals surface area contributed by atoms with Crippen molar-refractivity contribution in [2.45, 2.75) is 18.8 Å². The number of nitrogens with one attached hydrogen (secondary N) is 1. The SMILES string of the molecule is O=c1ccc(C2CCCS(=O)(=O)C2)n[nH]1. The Balaban J connectivity index is 2.24. The molecule has 1 fully saturated rings. The highest BCUT2D eigenvalue weighted by atomic mass is 32.2. The molecule has 2 rings (SSSR count). The summed E-state index contributed by atoms with van der Waals surface area (Å²) in [6, 6.07) is 2.98. The molecule has 1 aliphatic heterocycles. The molecule has 1 aromatic rings. The molecule has 15 heavy (non-hydrogen) atoms. The van der Waals surface area contributed by atoms with Crippen LogP contribution in [0.2, 0.25) is 0 Å². The van der Waals surface area contributed by atoms with E-state index in [4.69, 9.17) is 0 Å². The number of aromatic nitrogens is 2. The van der Waals surface area contributed by atoms with Crippen LogP contribution in [0.3, 0.4) is 0 Å². The van der Waals surface area contributed by atoms with Crippen LogP contribution >= 0.6 is 0 Å². The van der Waals surface area contributed by atoms with Gasteiger partial charge in [0.25, 0.3) is 5.56 Å². The average Bonchev–Trinajstić information content (AvgIpc) is 2.17. The van der Waals surface area contributed by atoms with Crippen LogP contribution in [0.5, 0.6) is 0 Å². The van der Waals surface area contributed by atoms with Crippen molar-refractivity contribution in [2.24, 2.45) is 0 Å². The van der Waals surface area contributed by atoms with Crippen molar-refractivity contribution in [3.63, 3.8) is 0 Å². The minimum atomic E-state index is -2.92. The molecule has 1 N–H and O–H groups in total. The quantitative estimate of drug-likeness (QED) is 0.737. The third-order valence-electron chi connectivity index (χ3n) is 2.58. The third-order valence-corrected chi connectivity index (χ3v) is 4.40. The molecule has 0 spiro atoms. The van der Waals surface area contributed by atoms with Gasteiger partial charge in [0.15, 0.2) is 9.84 Å². The Hall–Kier alpha value is -1.17. The van der Waals surface area contributed by atoms with E-state index in [1.807, 2.05) is 0 Å². The van der Waals surface area contributed by atoms with Crippen LogP contribution in [-0.2, 0) is 9.84 Å². The van der Waals surface area contributed by atoms with Crippen molar-refractivity contribution >= 4 is 9.84 Å². The van der Waals surface area contributed by atoms with Crippen molar-refractivity contribution in [3.05, 3.63) is 28.2 Å². The first-order valence-electron chi connectivity index (χ1n) is 4.83. The molecule has 0 aromatic carbocycles. The first kappa shape index (κ1) is 10.4. The van der Waals surface area contributed by atoms with Gasteiger partial charge in [-0.25, -0.2) is 13.5 Å². The molecule has 0 bridgehead atoms. The molecular formula is C9H12N2O3S. The number of aromatic amines is 1. The van der Waals surface area contributed by atoms with Gasteiger partial charge in [-0.05, 0) is 18.9 Å². The van der Waals surface area contributed by atoms with Crippen molar-refractivity contribution in [2.75, 3.05) is 11.5 Å². The summed E-state index contributed by atoms with van der Waals surface area (Å²) in [7, 11) is -2.92. The second-order valence-corrected chi connectivity index (χ2v) is 6.03. The van der Waals surface area contributed by atoms with Gasteiger partial charge in [0.05, 0.1) is 17.2 Å². The predicted octanol–water partition coefficient (Wildman–Crippen LogP) is 0.0621. The summed E-state index contributed by atoms with van der Waals surface area (Å²) >= 11 is 0. The molecular weight excluding hydrogens is 216 g/mol. The average molecular weight is 228 g/mol. The van der Waals surface area contributed by atoms with Crippen LogP contribution in [0.25, 0.3) is 0 Å². The second-order valence-electron chi connectivity index (χ2n) is 3.80. The van der Waals surface area contributed by atoms with E-state index < -0.39 is 9.84 Å². The molecule has 0 radical (unpaired) electrons. The van der Waals surface area contributed by atoms with Crippen molar-refractivity contribution in [1.82, 2.24) is 10.2 Å². The van der Waals surface area contributed by atoms with E-state index >= 15 is 0 Å². The van der Waals surface area contributed by atoms with Gasteiger partial charge in [-0.15, -0.1) is 0 Å². The smallest absolute Gasteiger partial charge is 0.264 e. The van der Waals surface area contributed by atoms with Gasteiger partial charge in [0.1, 0.15) is 0 Å². The Bertz CT molecular complexity index is 486. The number of nitrogens with zero attached hydrogens (tertiary/aromatic N) is 1. The molecule has 1 atom stereocenters. The minimum Gasteiger partial charge on any atom is -0.268 e. The topological polar surface area (TPSA) is 79.9 Å². The zero-order valence-electron chi connectivity index (χ0n) is 8.14. The normalized spacial score (nSPS) is 24.9. The van der Waals surface area contributed by atoms with E-state index in [1.54, 1.807) is 6.07 Å². The van der Waals surface area contributed by atoms with Crippen molar-refractivity contribution in [1.29, 1.82) is 0 Å². The summed E-state index contributed by atoms with van der Waals surface area (Å²) < 4.78 is 22.8. The van der Waals surface area contributed by atoms with E-state index in [0.29, 0.717) is 12.1 Å². The number of rotatable bonds is 1. The Morgan fingerprint density at radius 2 is 2.20 bits per heavy atom. The molecule has 6 heteroatoms. The predicted molar refractivity (Wildman–Crippen MR) is 55.5 cm³/mol. The maximum Gasteiger partial charge on any atom is 0.264 e. The number of hydrogen-bond acceptors (Lipinski definition) is 4. The van der Waals surface area contributed by atoms with Crippen LogP contribution in [0.15, 0.2) is 16.9 Å². The van der Waals surface area contributed by atoms with E-state index in [1.165, 1.54) is 6.07 Å². The number of sulfone groups is 1. The Morgan fingerprint density at radius 1 is 1.40 bits per heavy atom. The molecule has 2 heterocycles. The fourth-order valence-electron chi connectivity index (χ4n) is 1.84. The zero-order chi connectivity index (χ0) is 10.9. The monoisotopic (exact) mass is 228 g/mol. The van der Waals surface area contributed by atoms with Crippen LogP contribution < -0.4 is 5.56 Å². The highest BCUT2D eigenvalue weighted by molar-refractivity contribution is 7.91. The summed E-state index contributed by atoms with van der Waals surface area (Å²) in [5, 5.41) is 6.19. The van der Waals surface area contributed by atoms with Crippen LogP contribution in [-0.4, -0.2) is 30.1 Å². The zero-order valence-corrected chi connectivity index (χ0v) is 8.96. The largest absolute Gasteiger partial charge is 0.268 e. The van der Waals surface area contributed by atoms with E-state index in [2.05, 4.69) is 10.2 Å².